The zero-order chi connectivity index (χ0) is 18.4. The molecule has 1 N–H and O–H groups in total. The minimum absolute atomic E-state index is 0.0299. The van der Waals surface area contributed by atoms with E-state index in [0.717, 1.165) is 12.1 Å². The second-order valence-electron chi connectivity index (χ2n) is 4.92. The van der Waals surface area contributed by atoms with Crippen molar-refractivity contribution >= 4 is 17.3 Å². The molecule has 0 radical (unpaired) electrons. The maximum absolute atomic E-state index is 12.8. The fourth-order valence-electron chi connectivity index (χ4n) is 2.05. The van der Waals surface area contributed by atoms with E-state index in [-0.39, 0.29) is 24.3 Å². The molecule has 2 aromatic rings. The molecule has 0 unspecified atom stereocenters. The Hall–Kier alpha value is -3.10. The van der Waals surface area contributed by atoms with Crippen molar-refractivity contribution in [2.24, 2.45) is 0 Å². The molecule has 0 fully saturated rings. The number of hydrogen-bond acceptors (Lipinski definition) is 5. The highest BCUT2D eigenvalue weighted by Gasteiger charge is 2.34. The molecule has 0 aliphatic carbocycles. The Bertz CT molecular complexity index is 778. The Kier molecular flexibility index (Phi) is 5.58. The summed E-state index contributed by atoms with van der Waals surface area (Å²) in [5.41, 5.74) is -1.01. The number of benzene rings is 2. The summed E-state index contributed by atoms with van der Waals surface area (Å²) in [6, 6.07) is 10.2. The minimum Gasteiger partial charge on any atom is -0.426 e. The minimum atomic E-state index is -4.64. The molecular formula is C16H13F3N2O4. The van der Waals surface area contributed by atoms with Crippen LogP contribution in [0.4, 0.5) is 24.5 Å². The summed E-state index contributed by atoms with van der Waals surface area (Å²) in [6.07, 6.45) is -4.90. The maximum atomic E-state index is 12.8. The van der Waals surface area contributed by atoms with Gasteiger partial charge in [-0.1, -0.05) is 24.3 Å². The summed E-state index contributed by atoms with van der Waals surface area (Å²) in [5.74, 6) is -1.46. The van der Waals surface area contributed by atoms with E-state index in [9.17, 15) is 28.1 Å². The first kappa shape index (κ1) is 18.2. The second-order valence-corrected chi connectivity index (χ2v) is 4.92. The Balaban J connectivity index is 1.96. The predicted octanol–water partition coefficient (Wildman–Crippen LogP) is 4.02. The van der Waals surface area contributed by atoms with Crippen molar-refractivity contribution in [2.75, 3.05) is 11.9 Å². The summed E-state index contributed by atoms with van der Waals surface area (Å²) < 4.78 is 43.2. The summed E-state index contributed by atoms with van der Waals surface area (Å²) in [4.78, 5) is 22.0. The molecule has 0 saturated carbocycles. The number of anilines is 1. The van der Waals surface area contributed by atoms with Gasteiger partial charge in [-0.05, 0) is 18.2 Å². The number of hydrogen-bond donors (Lipinski definition) is 1. The molecule has 2 aromatic carbocycles. The van der Waals surface area contributed by atoms with Crippen molar-refractivity contribution < 1.29 is 27.6 Å². The first-order chi connectivity index (χ1) is 11.8. The van der Waals surface area contributed by atoms with Crippen LogP contribution in [-0.2, 0) is 11.0 Å². The largest absolute Gasteiger partial charge is 0.426 e. The SMILES string of the molecule is O=C(CCNc1ccccc1[N+](=O)[O-])Oc1ccccc1C(F)(F)F. The van der Waals surface area contributed by atoms with Crippen LogP contribution in [0.25, 0.3) is 0 Å². The monoisotopic (exact) mass is 354 g/mol. The van der Waals surface area contributed by atoms with Crippen molar-refractivity contribution in [1.29, 1.82) is 0 Å². The number of halogens is 3. The van der Waals surface area contributed by atoms with Gasteiger partial charge in [0.2, 0.25) is 0 Å². The van der Waals surface area contributed by atoms with Crippen LogP contribution >= 0.6 is 0 Å². The average molecular weight is 354 g/mol. The molecular weight excluding hydrogens is 341 g/mol. The van der Waals surface area contributed by atoms with Gasteiger partial charge in [-0.15, -0.1) is 0 Å². The van der Waals surface area contributed by atoms with Crippen LogP contribution in [0.1, 0.15) is 12.0 Å². The summed E-state index contributed by atoms with van der Waals surface area (Å²) in [7, 11) is 0. The van der Waals surface area contributed by atoms with Crippen LogP contribution in [-0.4, -0.2) is 17.4 Å². The van der Waals surface area contributed by atoms with E-state index in [1.165, 1.54) is 30.3 Å². The van der Waals surface area contributed by atoms with Crippen LogP contribution in [0.2, 0.25) is 0 Å². The molecule has 2 rings (SSSR count). The molecule has 0 amide bonds. The lowest BCUT2D eigenvalue weighted by Gasteiger charge is -2.12. The van der Waals surface area contributed by atoms with Gasteiger partial charge >= 0.3 is 12.1 Å². The van der Waals surface area contributed by atoms with Gasteiger partial charge in [0, 0.05) is 12.6 Å². The lowest BCUT2D eigenvalue weighted by molar-refractivity contribution is -0.384. The number of nitrogens with one attached hydrogen (secondary N) is 1. The third kappa shape index (κ3) is 4.93. The van der Waals surface area contributed by atoms with Gasteiger partial charge in [0.05, 0.1) is 16.9 Å². The molecule has 132 valence electrons. The van der Waals surface area contributed by atoms with Crippen LogP contribution < -0.4 is 10.1 Å². The van der Waals surface area contributed by atoms with Gasteiger partial charge in [0.25, 0.3) is 5.69 Å². The van der Waals surface area contributed by atoms with Crippen molar-refractivity contribution in [3.8, 4) is 5.75 Å². The van der Waals surface area contributed by atoms with E-state index in [0.29, 0.717) is 0 Å². The average Bonchev–Trinajstić information content (AvgIpc) is 2.54. The van der Waals surface area contributed by atoms with Crippen LogP contribution in [0, 0.1) is 10.1 Å². The van der Waals surface area contributed by atoms with Crippen LogP contribution in [0.5, 0.6) is 5.75 Å². The second kappa shape index (κ2) is 7.65. The number of alkyl halides is 3. The van der Waals surface area contributed by atoms with E-state index in [2.05, 4.69) is 5.32 Å². The first-order valence-electron chi connectivity index (χ1n) is 7.13. The van der Waals surface area contributed by atoms with Crippen molar-refractivity contribution in [1.82, 2.24) is 0 Å². The smallest absolute Gasteiger partial charge is 0.419 e. The number of esters is 1. The molecule has 0 aromatic heterocycles. The standard InChI is InChI=1S/C16H13F3N2O4/c17-16(18,19)11-5-1-4-8-14(11)25-15(22)9-10-20-12-6-2-3-7-13(12)21(23)24/h1-8,20H,9-10H2. The number of carbonyl (C=O) groups excluding carboxylic acids is 1. The molecule has 0 spiro atoms. The van der Waals surface area contributed by atoms with E-state index in [1.54, 1.807) is 6.07 Å². The third-order valence-electron chi connectivity index (χ3n) is 3.16. The molecule has 0 aliphatic heterocycles. The molecule has 6 nitrogen and oxygen atoms in total. The van der Waals surface area contributed by atoms with E-state index in [1.807, 2.05) is 0 Å². The number of ether oxygens (including phenoxy) is 1. The zero-order valence-corrected chi connectivity index (χ0v) is 12.7. The fraction of sp³-hybridized carbons (Fsp3) is 0.188. The van der Waals surface area contributed by atoms with Crippen LogP contribution in [0.3, 0.4) is 0 Å². The highest BCUT2D eigenvalue weighted by Crippen LogP contribution is 2.36. The topological polar surface area (TPSA) is 81.5 Å². The predicted molar refractivity (Wildman–Crippen MR) is 83.3 cm³/mol. The number of carbonyl (C=O) groups is 1. The van der Waals surface area contributed by atoms with Crippen molar-refractivity contribution in [2.45, 2.75) is 12.6 Å². The van der Waals surface area contributed by atoms with Crippen molar-refractivity contribution in [3.63, 3.8) is 0 Å². The third-order valence-corrected chi connectivity index (χ3v) is 3.16. The van der Waals surface area contributed by atoms with Gasteiger partial charge in [-0.2, -0.15) is 13.2 Å². The molecule has 0 aliphatic rings. The molecule has 0 heterocycles. The zero-order valence-electron chi connectivity index (χ0n) is 12.7. The highest BCUT2D eigenvalue weighted by molar-refractivity contribution is 5.74. The normalized spacial score (nSPS) is 11.0. The Morgan fingerprint density at radius 2 is 1.76 bits per heavy atom. The number of nitro benzene ring substituents is 1. The van der Waals surface area contributed by atoms with Gasteiger partial charge < -0.3 is 10.1 Å². The Morgan fingerprint density at radius 3 is 2.44 bits per heavy atom. The Labute approximate surface area is 140 Å². The van der Waals surface area contributed by atoms with Crippen molar-refractivity contribution in [3.05, 3.63) is 64.2 Å². The van der Waals surface area contributed by atoms with Gasteiger partial charge in [0.1, 0.15) is 11.4 Å². The van der Waals surface area contributed by atoms with Crippen LogP contribution in [0.15, 0.2) is 48.5 Å². The molecule has 9 heteroatoms. The molecule has 0 saturated heterocycles. The summed E-state index contributed by atoms with van der Waals surface area (Å²) in [6.45, 7) is -0.0299. The fourth-order valence-corrected chi connectivity index (χ4v) is 2.05. The number of rotatable bonds is 6. The molecule has 0 atom stereocenters. The summed E-state index contributed by atoms with van der Waals surface area (Å²) in [5, 5.41) is 13.6. The molecule has 0 bridgehead atoms. The van der Waals surface area contributed by atoms with Gasteiger partial charge in [-0.3, -0.25) is 14.9 Å². The van der Waals surface area contributed by atoms with Gasteiger partial charge in [0.15, 0.2) is 0 Å². The van der Waals surface area contributed by atoms with Gasteiger partial charge in [-0.25, -0.2) is 0 Å². The maximum Gasteiger partial charge on any atom is 0.419 e. The lowest BCUT2D eigenvalue weighted by Crippen LogP contribution is -2.16. The first-order valence-corrected chi connectivity index (χ1v) is 7.13. The Morgan fingerprint density at radius 1 is 1.12 bits per heavy atom. The lowest BCUT2D eigenvalue weighted by atomic mass is 10.2. The quantitative estimate of drug-likeness (QED) is 0.367. The van der Waals surface area contributed by atoms with E-state index >= 15 is 0 Å². The molecule has 25 heavy (non-hydrogen) atoms. The number of nitrogens with zero attached hydrogens (tertiary/aromatic N) is 1. The van der Waals surface area contributed by atoms with E-state index < -0.39 is 28.4 Å². The van der Waals surface area contributed by atoms with E-state index in [4.69, 9.17) is 4.74 Å². The highest BCUT2D eigenvalue weighted by atomic mass is 19.4. The summed E-state index contributed by atoms with van der Waals surface area (Å²) >= 11 is 0. The number of nitro groups is 1. The number of para-hydroxylation sites is 3.